The fraction of sp³-hybridized carbons (Fsp3) is 0.462. The summed E-state index contributed by atoms with van der Waals surface area (Å²) in [6.07, 6.45) is 1.85. The molecule has 1 fully saturated rings. The van der Waals surface area contributed by atoms with Crippen molar-refractivity contribution in [3.63, 3.8) is 0 Å². The van der Waals surface area contributed by atoms with Crippen LogP contribution in [0.2, 0.25) is 0 Å². The fourth-order valence-electron chi connectivity index (χ4n) is 2.22. The molecule has 0 aliphatic carbocycles. The molecule has 0 radical (unpaired) electrons. The Morgan fingerprint density at radius 1 is 1.42 bits per heavy atom. The SMILES string of the molecule is NC1CCN(C(=O)Cc2cccc([N+](=O)[O-])c2)CC1. The Hall–Kier alpha value is -1.95. The minimum Gasteiger partial charge on any atom is -0.342 e. The standard InChI is InChI=1S/C13H17N3O3/c14-11-4-6-15(7-5-11)13(17)9-10-2-1-3-12(8-10)16(18)19/h1-3,8,11H,4-7,9,14H2. The Morgan fingerprint density at radius 2 is 2.11 bits per heavy atom. The molecule has 2 rings (SSSR count). The highest BCUT2D eigenvalue weighted by atomic mass is 16.6. The lowest BCUT2D eigenvalue weighted by molar-refractivity contribution is -0.384. The highest BCUT2D eigenvalue weighted by Gasteiger charge is 2.20. The van der Waals surface area contributed by atoms with Crippen LogP contribution in [0, 0.1) is 10.1 Å². The molecule has 1 aromatic rings. The van der Waals surface area contributed by atoms with Crippen LogP contribution in [0.25, 0.3) is 0 Å². The summed E-state index contributed by atoms with van der Waals surface area (Å²) in [5.74, 6) is 0.00685. The van der Waals surface area contributed by atoms with Crippen molar-refractivity contribution in [3.05, 3.63) is 39.9 Å². The van der Waals surface area contributed by atoms with Crippen LogP contribution in [-0.4, -0.2) is 34.9 Å². The Bertz CT molecular complexity index is 482. The van der Waals surface area contributed by atoms with Crippen molar-refractivity contribution in [1.29, 1.82) is 0 Å². The van der Waals surface area contributed by atoms with Crippen molar-refractivity contribution in [2.45, 2.75) is 25.3 Å². The first-order chi connectivity index (χ1) is 9.06. The number of nitrogens with zero attached hydrogens (tertiary/aromatic N) is 2. The Labute approximate surface area is 111 Å². The van der Waals surface area contributed by atoms with Crippen LogP contribution in [0.15, 0.2) is 24.3 Å². The molecule has 1 aliphatic rings. The van der Waals surface area contributed by atoms with Crippen molar-refractivity contribution in [2.24, 2.45) is 5.73 Å². The Morgan fingerprint density at radius 3 is 2.74 bits per heavy atom. The Balaban J connectivity index is 1.98. The van der Waals surface area contributed by atoms with Gasteiger partial charge >= 0.3 is 0 Å². The second kappa shape index (κ2) is 5.79. The van der Waals surface area contributed by atoms with Crippen LogP contribution in [0.5, 0.6) is 0 Å². The number of nitrogens with two attached hydrogens (primary N) is 1. The predicted molar refractivity (Wildman–Crippen MR) is 70.6 cm³/mol. The predicted octanol–water partition coefficient (Wildman–Crippen LogP) is 1.09. The number of rotatable bonds is 3. The summed E-state index contributed by atoms with van der Waals surface area (Å²) < 4.78 is 0. The molecule has 1 aliphatic heterocycles. The van der Waals surface area contributed by atoms with E-state index in [9.17, 15) is 14.9 Å². The number of hydrogen-bond donors (Lipinski definition) is 1. The second-order valence-electron chi connectivity index (χ2n) is 4.82. The first-order valence-electron chi connectivity index (χ1n) is 6.33. The van der Waals surface area contributed by atoms with Crippen molar-refractivity contribution in [1.82, 2.24) is 4.90 Å². The molecule has 6 heteroatoms. The average Bonchev–Trinajstić information content (AvgIpc) is 2.39. The van der Waals surface area contributed by atoms with Gasteiger partial charge in [-0.3, -0.25) is 14.9 Å². The van der Waals surface area contributed by atoms with Crippen LogP contribution in [0.1, 0.15) is 18.4 Å². The number of carbonyl (C=O) groups excluding carboxylic acids is 1. The molecule has 0 aromatic heterocycles. The Kier molecular flexibility index (Phi) is 4.11. The van der Waals surface area contributed by atoms with Gasteiger partial charge in [0.05, 0.1) is 11.3 Å². The summed E-state index contributed by atoms with van der Waals surface area (Å²) in [6, 6.07) is 6.40. The summed E-state index contributed by atoms with van der Waals surface area (Å²) in [5.41, 5.74) is 6.48. The molecule has 1 saturated heterocycles. The lowest BCUT2D eigenvalue weighted by Gasteiger charge is -2.30. The molecule has 2 N–H and O–H groups in total. The molecule has 6 nitrogen and oxygen atoms in total. The molecule has 0 unspecified atom stereocenters. The van der Waals surface area contributed by atoms with E-state index in [0.29, 0.717) is 18.7 Å². The monoisotopic (exact) mass is 263 g/mol. The van der Waals surface area contributed by atoms with E-state index in [2.05, 4.69) is 0 Å². The minimum absolute atomic E-state index is 0.00685. The van der Waals surface area contributed by atoms with E-state index < -0.39 is 4.92 Å². The van der Waals surface area contributed by atoms with E-state index in [0.717, 1.165) is 12.8 Å². The van der Waals surface area contributed by atoms with E-state index in [4.69, 9.17) is 5.73 Å². The molecule has 1 aromatic carbocycles. The quantitative estimate of drug-likeness (QED) is 0.653. The zero-order valence-corrected chi connectivity index (χ0v) is 10.6. The molecular weight excluding hydrogens is 246 g/mol. The molecular formula is C13H17N3O3. The lowest BCUT2D eigenvalue weighted by Crippen LogP contribution is -2.43. The summed E-state index contributed by atoms with van der Waals surface area (Å²) in [7, 11) is 0. The number of benzene rings is 1. The van der Waals surface area contributed by atoms with Crippen LogP contribution in [0.3, 0.4) is 0 Å². The van der Waals surface area contributed by atoms with E-state index in [-0.39, 0.29) is 24.1 Å². The van der Waals surface area contributed by atoms with E-state index >= 15 is 0 Å². The topological polar surface area (TPSA) is 89.5 Å². The third kappa shape index (κ3) is 3.51. The van der Waals surface area contributed by atoms with Crippen LogP contribution in [0.4, 0.5) is 5.69 Å². The van der Waals surface area contributed by atoms with Crippen molar-refractivity contribution in [2.75, 3.05) is 13.1 Å². The third-order valence-corrected chi connectivity index (χ3v) is 3.37. The maximum absolute atomic E-state index is 12.1. The number of likely N-dealkylation sites (tertiary alicyclic amines) is 1. The maximum Gasteiger partial charge on any atom is 0.269 e. The van der Waals surface area contributed by atoms with Gasteiger partial charge in [0.2, 0.25) is 5.91 Å². The van der Waals surface area contributed by atoms with Crippen LogP contribution in [-0.2, 0) is 11.2 Å². The van der Waals surface area contributed by atoms with Gasteiger partial charge in [-0.1, -0.05) is 12.1 Å². The van der Waals surface area contributed by atoms with Crippen LogP contribution >= 0.6 is 0 Å². The smallest absolute Gasteiger partial charge is 0.269 e. The molecule has 102 valence electrons. The van der Waals surface area contributed by atoms with Gasteiger partial charge in [0.25, 0.3) is 5.69 Å². The minimum atomic E-state index is -0.451. The van der Waals surface area contributed by atoms with Gasteiger partial charge in [-0.05, 0) is 18.4 Å². The van der Waals surface area contributed by atoms with E-state index in [1.807, 2.05) is 0 Å². The molecule has 19 heavy (non-hydrogen) atoms. The van der Waals surface area contributed by atoms with Gasteiger partial charge < -0.3 is 10.6 Å². The first-order valence-corrected chi connectivity index (χ1v) is 6.33. The zero-order chi connectivity index (χ0) is 13.8. The summed E-state index contributed by atoms with van der Waals surface area (Å²) in [6.45, 7) is 1.35. The van der Waals surface area contributed by atoms with E-state index in [1.165, 1.54) is 12.1 Å². The van der Waals surface area contributed by atoms with E-state index in [1.54, 1.807) is 17.0 Å². The number of non-ortho nitro benzene ring substituents is 1. The summed E-state index contributed by atoms with van der Waals surface area (Å²) in [5, 5.41) is 10.7. The van der Waals surface area contributed by atoms with Gasteiger partial charge in [0.15, 0.2) is 0 Å². The number of nitro groups is 1. The molecule has 1 amide bonds. The lowest BCUT2D eigenvalue weighted by atomic mass is 10.0. The van der Waals surface area contributed by atoms with Crippen molar-refractivity contribution in [3.8, 4) is 0 Å². The fourth-order valence-corrected chi connectivity index (χ4v) is 2.22. The summed E-state index contributed by atoms with van der Waals surface area (Å²) >= 11 is 0. The molecule has 1 heterocycles. The normalized spacial score (nSPS) is 16.4. The number of hydrogen-bond acceptors (Lipinski definition) is 4. The number of amides is 1. The number of carbonyl (C=O) groups is 1. The largest absolute Gasteiger partial charge is 0.342 e. The molecule has 0 spiro atoms. The van der Waals surface area contributed by atoms with Gasteiger partial charge in [0.1, 0.15) is 0 Å². The highest BCUT2D eigenvalue weighted by molar-refractivity contribution is 5.79. The first kappa shape index (κ1) is 13.5. The van der Waals surface area contributed by atoms with Crippen LogP contribution < -0.4 is 5.73 Å². The van der Waals surface area contributed by atoms with Crippen molar-refractivity contribution < 1.29 is 9.72 Å². The highest BCUT2D eigenvalue weighted by Crippen LogP contribution is 2.15. The maximum atomic E-state index is 12.1. The number of piperidine rings is 1. The van der Waals surface area contributed by atoms with Gasteiger partial charge in [-0.2, -0.15) is 0 Å². The third-order valence-electron chi connectivity index (χ3n) is 3.37. The zero-order valence-electron chi connectivity index (χ0n) is 10.6. The average molecular weight is 263 g/mol. The van der Waals surface area contributed by atoms with Crippen molar-refractivity contribution >= 4 is 11.6 Å². The van der Waals surface area contributed by atoms with Gasteiger partial charge in [0, 0.05) is 31.3 Å². The second-order valence-corrected chi connectivity index (χ2v) is 4.82. The molecule has 0 saturated carbocycles. The summed E-state index contributed by atoms with van der Waals surface area (Å²) in [4.78, 5) is 24.1. The van der Waals surface area contributed by atoms with Gasteiger partial charge in [-0.15, -0.1) is 0 Å². The molecule has 0 atom stereocenters. The molecule has 0 bridgehead atoms. The van der Waals surface area contributed by atoms with Gasteiger partial charge in [-0.25, -0.2) is 0 Å². The number of nitro benzene ring substituents is 1.